The molecule has 0 saturated carbocycles. The molecule has 1 amide bonds. The van der Waals surface area contributed by atoms with Crippen LogP contribution < -0.4 is 20.1 Å². The van der Waals surface area contributed by atoms with Gasteiger partial charge in [-0.1, -0.05) is 13.8 Å². The highest BCUT2D eigenvalue weighted by atomic mass is 79.9. The number of halogens is 1. The van der Waals surface area contributed by atoms with Crippen LogP contribution in [0.1, 0.15) is 38.1 Å². The summed E-state index contributed by atoms with van der Waals surface area (Å²) >= 11 is 8.68. The van der Waals surface area contributed by atoms with Gasteiger partial charge in [-0.25, -0.2) is 0 Å². The van der Waals surface area contributed by atoms with Crippen molar-refractivity contribution in [1.29, 1.82) is 0 Å². The molecule has 0 bridgehead atoms. The number of thiocarbonyl (C=S) groups is 1. The van der Waals surface area contributed by atoms with E-state index in [1.165, 1.54) is 0 Å². The third kappa shape index (κ3) is 7.13. The van der Waals surface area contributed by atoms with E-state index in [0.717, 1.165) is 15.9 Å². The van der Waals surface area contributed by atoms with Crippen molar-refractivity contribution in [3.63, 3.8) is 0 Å². The number of carbonyl (C=O) groups excluding carboxylic acids is 1. The quantitative estimate of drug-likeness (QED) is 0.537. The van der Waals surface area contributed by atoms with Gasteiger partial charge in [-0.3, -0.25) is 10.1 Å². The normalized spacial score (nSPS) is 10.7. The van der Waals surface area contributed by atoms with Crippen LogP contribution in [0.2, 0.25) is 0 Å². The first-order valence-corrected chi connectivity index (χ1v) is 10.3. The number of hydrogen-bond acceptors (Lipinski definition) is 4. The van der Waals surface area contributed by atoms with Gasteiger partial charge in [0.05, 0.1) is 17.2 Å². The van der Waals surface area contributed by atoms with E-state index in [1.807, 2.05) is 38.1 Å². The second kappa shape index (κ2) is 10.4. The van der Waals surface area contributed by atoms with Crippen molar-refractivity contribution in [2.24, 2.45) is 5.92 Å². The van der Waals surface area contributed by atoms with Crippen molar-refractivity contribution in [2.75, 3.05) is 11.9 Å². The summed E-state index contributed by atoms with van der Waals surface area (Å²) in [6, 6.07) is 12.6. The summed E-state index contributed by atoms with van der Waals surface area (Å²) in [6.45, 7) is 8.71. The number of rotatable bonds is 7. The van der Waals surface area contributed by atoms with Gasteiger partial charge in [0, 0.05) is 11.3 Å². The Bertz CT molecular complexity index is 823. The molecule has 0 aliphatic rings. The summed E-state index contributed by atoms with van der Waals surface area (Å²) in [7, 11) is 0. The lowest BCUT2D eigenvalue weighted by atomic mass is 10.2. The van der Waals surface area contributed by atoms with Gasteiger partial charge in [0.2, 0.25) is 0 Å². The first-order valence-electron chi connectivity index (χ1n) is 9.06. The Hall–Kier alpha value is -2.12. The second-order valence-electron chi connectivity index (χ2n) is 6.95. The minimum Gasteiger partial charge on any atom is -0.492 e. The maximum atomic E-state index is 12.4. The molecule has 0 aromatic heterocycles. The summed E-state index contributed by atoms with van der Waals surface area (Å²) in [4.78, 5) is 12.4. The minimum absolute atomic E-state index is 0.112. The monoisotopic (exact) mass is 464 g/mol. The van der Waals surface area contributed by atoms with Gasteiger partial charge in [0.25, 0.3) is 5.91 Å². The van der Waals surface area contributed by atoms with E-state index in [9.17, 15) is 4.79 Å². The Morgan fingerprint density at radius 2 is 1.79 bits per heavy atom. The standard InChI is InChI=1S/C21H25BrN2O3S/c1-13(2)12-26-19-10-5-15(11-18(19)22)20(25)24-21(28)23-16-6-8-17(9-7-16)27-14(3)4/h5-11,13-14H,12H2,1-4H3,(H2,23,24,25,28). The molecule has 2 aromatic carbocycles. The molecule has 0 radical (unpaired) electrons. The molecule has 2 aromatic rings. The number of anilines is 1. The number of amides is 1. The van der Waals surface area contributed by atoms with Crippen molar-refractivity contribution >= 4 is 44.9 Å². The lowest BCUT2D eigenvalue weighted by Crippen LogP contribution is -2.34. The molecule has 2 N–H and O–H groups in total. The molecule has 28 heavy (non-hydrogen) atoms. The van der Waals surface area contributed by atoms with Gasteiger partial charge < -0.3 is 14.8 Å². The Labute approximate surface area is 179 Å². The third-order valence-corrected chi connectivity index (χ3v) is 4.30. The number of nitrogens with one attached hydrogen (secondary N) is 2. The fourth-order valence-corrected chi connectivity index (χ4v) is 2.95. The van der Waals surface area contributed by atoms with Crippen LogP contribution in [0, 0.1) is 5.92 Å². The van der Waals surface area contributed by atoms with E-state index in [-0.39, 0.29) is 17.1 Å². The summed E-state index contributed by atoms with van der Waals surface area (Å²) in [5, 5.41) is 5.89. The molecule has 0 heterocycles. The van der Waals surface area contributed by atoms with E-state index < -0.39 is 0 Å². The van der Waals surface area contributed by atoms with Crippen molar-refractivity contribution in [3.05, 3.63) is 52.5 Å². The zero-order valence-corrected chi connectivity index (χ0v) is 18.8. The lowest BCUT2D eigenvalue weighted by molar-refractivity contribution is 0.0977. The van der Waals surface area contributed by atoms with Crippen LogP contribution in [0.4, 0.5) is 5.69 Å². The number of ether oxygens (including phenoxy) is 2. The molecule has 0 spiro atoms. The maximum Gasteiger partial charge on any atom is 0.257 e. The molecule has 0 unspecified atom stereocenters. The first kappa shape index (κ1) is 22.2. The molecule has 0 fully saturated rings. The number of hydrogen-bond donors (Lipinski definition) is 2. The van der Waals surface area contributed by atoms with Crippen LogP contribution in [0.25, 0.3) is 0 Å². The van der Waals surface area contributed by atoms with Crippen molar-refractivity contribution in [3.8, 4) is 11.5 Å². The van der Waals surface area contributed by atoms with Crippen LogP contribution in [0.5, 0.6) is 11.5 Å². The van der Waals surface area contributed by atoms with Crippen LogP contribution >= 0.6 is 28.1 Å². The highest BCUT2D eigenvalue weighted by Gasteiger charge is 2.11. The van der Waals surface area contributed by atoms with E-state index in [2.05, 4.69) is 40.4 Å². The third-order valence-electron chi connectivity index (χ3n) is 3.48. The molecule has 5 nitrogen and oxygen atoms in total. The van der Waals surface area contributed by atoms with Gasteiger partial charge in [-0.15, -0.1) is 0 Å². The van der Waals surface area contributed by atoms with Gasteiger partial charge in [0.15, 0.2) is 5.11 Å². The first-order chi connectivity index (χ1) is 13.2. The summed E-state index contributed by atoms with van der Waals surface area (Å²) in [5.41, 5.74) is 1.24. The molecular formula is C21H25BrN2O3S. The molecule has 7 heteroatoms. The Kier molecular flexibility index (Phi) is 8.26. The highest BCUT2D eigenvalue weighted by Crippen LogP contribution is 2.26. The topological polar surface area (TPSA) is 59.6 Å². The Balaban J connectivity index is 1.93. The number of benzene rings is 2. The van der Waals surface area contributed by atoms with Gasteiger partial charge in [0.1, 0.15) is 11.5 Å². The minimum atomic E-state index is -0.298. The molecule has 0 atom stereocenters. The van der Waals surface area contributed by atoms with Crippen molar-refractivity contribution in [1.82, 2.24) is 5.32 Å². The van der Waals surface area contributed by atoms with E-state index >= 15 is 0 Å². The molecule has 0 saturated heterocycles. The van der Waals surface area contributed by atoms with Crippen LogP contribution in [0.15, 0.2) is 46.9 Å². The molecule has 2 rings (SSSR count). The average Bonchev–Trinajstić information content (AvgIpc) is 2.61. The van der Waals surface area contributed by atoms with Crippen LogP contribution in [-0.2, 0) is 0 Å². The summed E-state index contributed by atoms with van der Waals surface area (Å²) in [6.07, 6.45) is 0.112. The fourth-order valence-electron chi connectivity index (χ4n) is 2.24. The van der Waals surface area contributed by atoms with Gasteiger partial charge >= 0.3 is 0 Å². The fraction of sp³-hybridized carbons (Fsp3) is 0.333. The van der Waals surface area contributed by atoms with Gasteiger partial charge in [-0.05, 0) is 90.4 Å². The summed E-state index contributed by atoms with van der Waals surface area (Å²) in [5.74, 6) is 1.60. The second-order valence-corrected chi connectivity index (χ2v) is 8.21. The maximum absolute atomic E-state index is 12.4. The highest BCUT2D eigenvalue weighted by molar-refractivity contribution is 9.10. The largest absolute Gasteiger partial charge is 0.492 e. The predicted molar refractivity (Wildman–Crippen MR) is 120 cm³/mol. The zero-order chi connectivity index (χ0) is 20.7. The van der Waals surface area contributed by atoms with Crippen LogP contribution in [0.3, 0.4) is 0 Å². The smallest absolute Gasteiger partial charge is 0.257 e. The van der Waals surface area contributed by atoms with Crippen LogP contribution in [-0.4, -0.2) is 23.7 Å². The zero-order valence-electron chi connectivity index (χ0n) is 16.4. The SMILES string of the molecule is CC(C)COc1ccc(C(=O)NC(=S)Nc2ccc(OC(C)C)cc2)cc1Br. The molecule has 150 valence electrons. The Morgan fingerprint density at radius 3 is 2.36 bits per heavy atom. The predicted octanol–water partition coefficient (Wildman–Crippen LogP) is 5.40. The van der Waals surface area contributed by atoms with E-state index in [4.69, 9.17) is 21.7 Å². The van der Waals surface area contributed by atoms with E-state index in [1.54, 1.807) is 18.2 Å². The molecule has 0 aliphatic heterocycles. The van der Waals surface area contributed by atoms with Crippen molar-refractivity contribution < 1.29 is 14.3 Å². The number of carbonyl (C=O) groups is 1. The van der Waals surface area contributed by atoms with Crippen molar-refractivity contribution in [2.45, 2.75) is 33.8 Å². The molecule has 0 aliphatic carbocycles. The van der Waals surface area contributed by atoms with E-state index in [0.29, 0.717) is 23.8 Å². The van der Waals surface area contributed by atoms with Gasteiger partial charge in [-0.2, -0.15) is 0 Å². The lowest BCUT2D eigenvalue weighted by Gasteiger charge is -2.13. The Morgan fingerprint density at radius 1 is 1.11 bits per heavy atom. The average molecular weight is 465 g/mol. The molecular weight excluding hydrogens is 440 g/mol. The summed E-state index contributed by atoms with van der Waals surface area (Å²) < 4.78 is 12.0.